The molecule has 1 rings (SSSR count). The van der Waals surface area contributed by atoms with E-state index in [2.05, 4.69) is 9.98 Å². The average Bonchev–Trinajstić information content (AvgIpc) is 2.31. The maximum absolute atomic E-state index is 10.4. The van der Waals surface area contributed by atoms with Gasteiger partial charge in [0.2, 0.25) is 12.2 Å². The van der Waals surface area contributed by atoms with Gasteiger partial charge in [0.15, 0.2) is 0 Å². The Hall–Kier alpha value is -2.02. The summed E-state index contributed by atoms with van der Waals surface area (Å²) in [5.74, 6) is 0. The number of aliphatic imine (C=N–C) groups is 2. The van der Waals surface area contributed by atoms with E-state index in [9.17, 15) is 9.59 Å². The highest BCUT2D eigenvalue weighted by Crippen LogP contribution is 2.34. The Balaban J connectivity index is 3.55. The molecule has 0 bridgehead atoms. The van der Waals surface area contributed by atoms with Crippen LogP contribution in [0.3, 0.4) is 0 Å². The van der Waals surface area contributed by atoms with Crippen LogP contribution in [0.5, 0.6) is 0 Å². The molecule has 0 saturated heterocycles. The molecular weight excluding hydrogens is 204 g/mol. The average molecular weight is 216 g/mol. The topological polar surface area (TPSA) is 58.9 Å². The van der Waals surface area contributed by atoms with Gasteiger partial charge in [-0.15, -0.1) is 0 Å². The van der Waals surface area contributed by atoms with Gasteiger partial charge < -0.3 is 0 Å². The minimum absolute atomic E-state index is 0.368. The molecule has 0 unspecified atom stereocenters. The van der Waals surface area contributed by atoms with Crippen molar-refractivity contribution in [1.82, 2.24) is 0 Å². The number of nitrogens with zero attached hydrogens (tertiary/aromatic N) is 2. The van der Waals surface area contributed by atoms with Crippen molar-refractivity contribution in [3.63, 3.8) is 0 Å². The molecule has 0 heterocycles. The van der Waals surface area contributed by atoms with Crippen molar-refractivity contribution in [2.45, 2.75) is 26.7 Å². The van der Waals surface area contributed by atoms with E-state index in [0.29, 0.717) is 11.4 Å². The smallest absolute Gasteiger partial charge is 0.211 e. The Morgan fingerprint density at radius 3 is 2.25 bits per heavy atom. The van der Waals surface area contributed by atoms with Crippen LogP contribution in [0.25, 0.3) is 0 Å². The summed E-state index contributed by atoms with van der Waals surface area (Å²) in [7, 11) is 0. The Kier molecular flexibility index (Phi) is 4.34. The van der Waals surface area contributed by atoms with Crippen molar-refractivity contribution in [1.29, 1.82) is 0 Å². The number of benzene rings is 1. The van der Waals surface area contributed by atoms with Gasteiger partial charge in [-0.25, -0.2) is 9.59 Å². The summed E-state index contributed by atoms with van der Waals surface area (Å²) in [5, 5.41) is 0. The Labute approximate surface area is 93.7 Å². The summed E-state index contributed by atoms with van der Waals surface area (Å²) in [6.45, 7) is 3.98. The third kappa shape index (κ3) is 2.31. The highest BCUT2D eigenvalue weighted by atomic mass is 16.1. The van der Waals surface area contributed by atoms with Crippen LogP contribution in [0.15, 0.2) is 22.1 Å². The van der Waals surface area contributed by atoms with Gasteiger partial charge in [-0.2, -0.15) is 9.98 Å². The predicted octanol–water partition coefficient (Wildman–Crippen LogP) is 2.75. The predicted molar refractivity (Wildman–Crippen MR) is 60.8 cm³/mol. The molecule has 0 spiro atoms. The fourth-order valence-corrected chi connectivity index (χ4v) is 1.70. The Morgan fingerprint density at radius 1 is 1.06 bits per heavy atom. The fraction of sp³-hybridized carbons (Fsp3) is 0.333. The number of rotatable bonds is 4. The van der Waals surface area contributed by atoms with E-state index >= 15 is 0 Å². The molecule has 4 nitrogen and oxygen atoms in total. The molecule has 0 saturated carbocycles. The highest BCUT2D eigenvalue weighted by Gasteiger charge is 2.10. The number of hydrogen-bond donors (Lipinski definition) is 0. The van der Waals surface area contributed by atoms with Gasteiger partial charge in [0, 0.05) is 0 Å². The second-order valence-corrected chi connectivity index (χ2v) is 3.18. The summed E-state index contributed by atoms with van der Waals surface area (Å²) in [4.78, 5) is 27.8. The first-order chi connectivity index (χ1) is 7.78. The molecule has 1 aromatic carbocycles. The molecule has 0 fully saturated rings. The minimum Gasteiger partial charge on any atom is -0.211 e. The molecule has 82 valence electrons. The van der Waals surface area contributed by atoms with E-state index in [4.69, 9.17) is 0 Å². The second-order valence-electron chi connectivity index (χ2n) is 3.18. The molecule has 0 aliphatic heterocycles. The first-order valence-electron chi connectivity index (χ1n) is 5.08. The van der Waals surface area contributed by atoms with Crippen molar-refractivity contribution < 1.29 is 9.59 Å². The van der Waals surface area contributed by atoms with E-state index in [0.717, 1.165) is 24.0 Å². The van der Waals surface area contributed by atoms with Crippen LogP contribution in [0.4, 0.5) is 11.4 Å². The van der Waals surface area contributed by atoms with E-state index in [1.165, 1.54) is 12.2 Å². The molecule has 0 aliphatic carbocycles. The van der Waals surface area contributed by atoms with Crippen molar-refractivity contribution in [2.75, 3.05) is 0 Å². The maximum atomic E-state index is 10.4. The van der Waals surface area contributed by atoms with Crippen LogP contribution >= 0.6 is 0 Å². The van der Waals surface area contributed by atoms with Crippen molar-refractivity contribution in [3.05, 3.63) is 23.3 Å². The standard InChI is InChI=1S/C12H12N2O2/c1-3-9-5-6-11(13-7-15)12(14-8-16)10(9)4-2/h5-6H,3-4H2,1-2H3. The maximum Gasteiger partial charge on any atom is 0.240 e. The van der Waals surface area contributed by atoms with Gasteiger partial charge in [-0.05, 0) is 30.0 Å². The summed E-state index contributed by atoms with van der Waals surface area (Å²) in [6, 6.07) is 3.55. The van der Waals surface area contributed by atoms with Crippen LogP contribution in [0.1, 0.15) is 25.0 Å². The Morgan fingerprint density at radius 2 is 1.75 bits per heavy atom. The van der Waals surface area contributed by atoms with Crippen LogP contribution in [0.2, 0.25) is 0 Å². The summed E-state index contributed by atoms with van der Waals surface area (Å²) >= 11 is 0. The molecule has 0 atom stereocenters. The van der Waals surface area contributed by atoms with E-state index in [-0.39, 0.29) is 0 Å². The molecule has 16 heavy (non-hydrogen) atoms. The van der Waals surface area contributed by atoms with Crippen LogP contribution < -0.4 is 0 Å². The van der Waals surface area contributed by atoms with E-state index in [1.807, 2.05) is 19.9 Å². The number of hydrogen-bond acceptors (Lipinski definition) is 4. The number of isocyanates is 2. The zero-order valence-electron chi connectivity index (χ0n) is 9.28. The zero-order chi connectivity index (χ0) is 12.0. The van der Waals surface area contributed by atoms with Gasteiger partial charge in [-0.1, -0.05) is 19.9 Å². The first kappa shape index (κ1) is 12.1. The first-order valence-corrected chi connectivity index (χ1v) is 5.08. The fourth-order valence-electron chi connectivity index (χ4n) is 1.70. The largest absolute Gasteiger partial charge is 0.240 e. The zero-order valence-corrected chi connectivity index (χ0v) is 9.28. The molecule has 1 aromatic rings. The van der Waals surface area contributed by atoms with Gasteiger partial charge in [0.1, 0.15) is 11.4 Å². The van der Waals surface area contributed by atoms with E-state index in [1.54, 1.807) is 6.07 Å². The van der Waals surface area contributed by atoms with Gasteiger partial charge in [0.05, 0.1) is 0 Å². The molecule has 0 aromatic heterocycles. The lowest BCUT2D eigenvalue weighted by Crippen LogP contribution is -1.91. The molecule has 0 aliphatic rings. The molecule has 0 radical (unpaired) electrons. The summed E-state index contributed by atoms with van der Waals surface area (Å²) < 4.78 is 0. The summed E-state index contributed by atoms with van der Waals surface area (Å²) in [5.41, 5.74) is 2.83. The molecule has 0 amide bonds. The molecule has 0 N–H and O–H groups in total. The quantitative estimate of drug-likeness (QED) is 0.574. The lowest BCUT2D eigenvalue weighted by atomic mass is 10.00. The lowest BCUT2D eigenvalue weighted by Gasteiger charge is -2.09. The SMILES string of the molecule is CCc1ccc(N=C=O)c(N=C=O)c1CC. The summed E-state index contributed by atoms with van der Waals surface area (Å²) in [6.07, 6.45) is 4.52. The van der Waals surface area contributed by atoms with Gasteiger partial charge in [0.25, 0.3) is 0 Å². The molecular formula is C12H12N2O2. The Bertz CT molecular complexity index is 482. The van der Waals surface area contributed by atoms with Crippen LogP contribution in [-0.4, -0.2) is 12.2 Å². The number of aryl methyl sites for hydroxylation is 1. The highest BCUT2D eigenvalue weighted by molar-refractivity contribution is 5.73. The lowest BCUT2D eigenvalue weighted by molar-refractivity contribution is 0.564. The van der Waals surface area contributed by atoms with Gasteiger partial charge in [-0.3, -0.25) is 0 Å². The van der Waals surface area contributed by atoms with Crippen molar-refractivity contribution >= 4 is 23.5 Å². The second kappa shape index (κ2) is 5.76. The number of carbonyl (C=O) groups excluding carboxylic acids is 2. The molecule has 4 heteroatoms. The van der Waals surface area contributed by atoms with Crippen molar-refractivity contribution in [2.24, 2.45) is 9.98 Å². The monoisotopic (exact) mass is 216 g/mol. The van der Waals surface area contributed by atoms with Gasteiger partial charge >= 0.3 is 0 Å². The van der Waals surface area contributed by atoms with Crippen molar-refractivity contribution in [3.8, 4) is 0 Å². The third-order valence-electron chi connectivity index (χ3n) is 2.42. The van der Waals surface area contributed by atoms with E-state index < -0.39 is 0 Å². The normalized spacial score (nSPS) is 9.12. The third-order valence-corrected chi connectivity index (χ3v) is 2.42. The minimum atomic E-state index is 0.368. The van der Waals surface area contributed by atoms with Crippen LogP contribution in [-0.2, 0) is 22.4 Å². The van der Waals surface area contributed by atoms with Crippen LogP contribution in [0, 0.1) is 0 Å².